The lowest BCUT2D eigenvalue weighted by molar-refractivity contribution is 0.593. The molecule has 0 aliphatic rings. The van der Waals surface area contributed by atoms with Gasteiger partial charge in [-0.05, 0) is 6.07 Å². The number of aromatic nitrogens is 2. The molecule has 0 N–H and O–H groups in total. The Morgan fingerprint density at radius 2 is 2.11 bits per heavy atom. The highest BCUT2D eigenvalue weighted by Crippen LogP contribution is 2.14. The van der Waals surface area contributed by atoms with Crippen molar-refractivity contribution < 1.29 is 4.18 Å². The van der Waals surface area contributed by atoms with E-state index in [1.165, 1.54) is 9.21 Å². The molecular formula is C4H3IN2OS. The fraction of sp³-hybridized carbons (Fsp3) is 0. The van der Waals surface area contributed by atoms with Crippen LogP contribution in [0.5, 0.6) is 6.01 Å². The fourth-order valence-corrected chi connectivity index (χ4v) is 0.981. The summed E-state index contributed by atoms with van der Waals surface area (Å²) < 4.78 is 4.89. The lowest BCUT2D eigenvalue weighted by Crippen LogP contribution is -1.83. The molecule has 48 valence electrons. The molecule has 0 bridgehead atoms. The van der Waals surface area contributed by atoms with E-state index in [4.69, 9.17) is 4.18 Å². The van der Waals surface area contributed by atoms with Gasteiger partial charge in [-0.3, -0.25) is 0 Å². The smallest absolute Gasteiger partial charge is 0.329 e. The first-order valence-corrected chi connectivity index (χ1v) is 5.44. The fourth-order valence-electron chi connectivity index (χ4n) is 0.357. The number of hydrogen-bond donors (Lipinski definition) is 0. The molecule has 0 atom stereocenters. The lowest BCUT2D eigenvalue weighted by Gasteiger charge is -1.92. The average molecular weight is 254 g/mol. The van der Waals surface area contributed by atoms with Gasteiger partial charge in [-0.2, -0.15) is 0 Å². The van der Waals surface area contributed by atoms with Crippen molar-refractivity contribution in [3.05, 3.63) is 18.5 Å². The van der Waals surface area contributed by atoms with E-state index in [1.54, 1.807) is 18.5 Å². The van der Waals surface area contributed by atoms with Crippen LogP contribution in [0.15, 0.2) is 18.5 Å². The van der Waals surface area contributed by atoms with E-state index >= 15 is 0 Å². The van der Waals surface area contributed by atoms with Gasteiger partial charge in [-0.1, -0.05) is 0 Å². The summed E-state index contributed by atoms with van der Waals surface area (Å²) in [6, 6.07) is 2.14. The minimum atomic E-state index is 0.400. The molecule has 0 aliphatic carbocycles. The second kappa shape index (κ2) is 3.89. The van der Waals surface area contributed by atoms with Gasteiger partial charge in [0.1, 0.15) is 9.21 Å². The molecule has 0 radical (unpaired) electrons. The summed E-state index contributed by atoms with van der Waals surface area (Å²) in [6.45, 7) is 0. The Labute approximate surface area is 69.0 Å². The largest absolute Gasteiger partial charge is 0.378 e. The monoisotopic (exact) mass is 254 g/mol. The normalized spacial score (nSPS) is 9.00. The van der Waals surface area contributed by atoms with E-state index in [1.807, 2.05) is 21.2 Å². The molecule has 1 heterocycles. The van der Waals surface area contributed by atoms with Crippen molar-refractivity contribution in [3.63, 3.8) is 0 Å². The van der Waals surface area contributed by atoms with Crippen molar-refractivity contribution in [1.82, 2.24) is 9.97 Å². The molecular weight excluding hydrogens is 251 g/mol. The van der Waals surface area contributed by atoms with E-state index < -0.39 is 0 Å². The first kappa shape index (κ1) is 7.07. The number of rotatable bonds is 2. The lowest BCUT2D eigenvalue weighted by atomic mass is 10.7. The molecule has 0 aromatic carbocycles. The number of nitrogens with zero attached hydrogens (tertiary/aromatic N) is 2. The van der Waals surface area contributed by atoms with Gasteiger partial charge in [0.25, 0.3) is 0 Å². The van der Waals surface area contributed by atoms with E-state index in [0.29, 0.717) is 6.01 Å². The third-order valence-electron chi connectivity index (χ3n) is 0.648. The maximum atomic E-state index is 4.89. The molecule has 1 aromatic rings. The molecule has 0 spiro atoms. The second-order valence-corrected chi connectivity index (χ2v) is 2.55. The Hall–Kier alpha value is -0.0400. The first-order chi connectivity index (χ1) is 4.43. The summed E-state index contributed by atoms with van der Waals surface area (Å²) in [5.74, 6) is 0. The predicted octanol–water partition coefficient (Wildman–Crippen LogP) is 1.85. The van der Waals surface area contributed by atoms with Gasteiger partial charge in [0, 0.05) is 33.6 Å². The second-order valence-electron chi connectivity index (χ2n) is 1.18. The molecule has 1 rings (SSSR count). The van der Waals surface area contributed by atoms with Crippen molar-refractivity contribution in [1.29, 1.82) is 0 Å². The Kier molecular flexibility index (Phi) is 3.05. The number of hydrogen-bond acceptors (Lipinski definition) is 4. The zero-order valence-electron chi connectivity index (χ0n) is 4.32. The summed E-state index contributed by atoms with van der Waals surface area (Å²) in [7, 11) is 1.20. The average Bonchev–Trinajstić information content (AvgIpc) is 1.91. The third kappa shape index (κ3) is 2.35. The third-order valence-corrected chi connectivity index (χ3v) is 1.40. The van der Waals surface area contributed by atoms with Gasteiger partial charge in [-0.15, -0.1) is 0 Å². The van der Waals surface area contributed by atoms with Crippen LogP contribution in [0.4, 0.5) is 0 Å². The Bertz CT molecular complexity index is 171. The predicted molar refractivity (Wildman–Crippen MR) is 44.3 cm³/mol. The van der Waals surface area contributed by atoms with Crippen LogP contribution in [-0.2, 0) is 0 Å². The van der Waals surface area contributed by atoms with Gasteiger partial charge >= 0.3 is 6.01 Å². The highest BCUT2D eigenvalue weighted by Gasteiger charge is 1.90. The Balaban J connectivity index is 2.61. The summed E-state index contributed by atoms with van der Waals surface area (Å²) in [5.41, 5.74) is 0. The Morgan fingerprint density at radius 1 is 1.44 bits per heavy atom. The van der Waals surface area contributed by atoms with E-state index in [9.17, 15) is 0 Å². The van der Waals surface area contributed by atoms with Crippen molar-refractivity contribution in [2.45, 2.75) is 0 Å². The van der Waals surface area contributed by atoms with Crippen LogP contribution in [0, 0.1) is 0 Å². The van der Waals surface area contributed by atoms with Gasteiger partial charge in [0.05, 0.1) is 0 Å². The van der Waals surface area contributed by atoms with E-state index in [-0.39, 0.29) is 0 Å². The minimum absolute atomic E-state index is 0.400. The van der Waals surface area contributed by atoms with Crippen molar-refractivity contribution >= 4 is 30.4 Å². The topological polar surface area (TPSA) is 35.0 Å². The van der Waals surface area contributed by atoms with Crippen LogP contribution in [0.1, 0.15) is 0 Å². The Morgan fingerprint density at radius 3 is 2.67 bits per heavy atom. The zero-order valence-corrected chi connectivity index (χ0v) is 7.29. The minimum Gasteiger partial charge on any atom is -0.378 e. The van der Waals surface area contributed by atoms with E-state index in [0.717, 1.165) is 0 Å². The van der Waals surface area contributed by atoms with Crippen LogP contribution < -0.4 is 4.18 Å². The van der Waals surface area contributed by atoms with Crippen LogP contribution in [0.3, 0.4) is 0 Å². The molecule has 9 heavy (non-hydrogen) atoms. The molecule has 0 fully saturated rings. The van der Waals surface area contributed by atoms with Crippen LogP contribution in [-0.4, -0.2) is 9.97 Å². The number of halogens is 1. The van der Waals surface area contributed by atoms with Gasteiger partial charge in [0.15, 0.2) is 0 Å². The molecule has 0 saturated carbocycles. The van der Waals surface area contributed by atoms with Crippen LogP contribution >= 0.6 is 30.4 Å². The molecule has 0 aliphatic heterocycles. The molecule has 0 saturated heterocycles. The maximum Gasteiger partial charge on any atom is 0.329 e. The van der Waals surface area contributed by atoms with Gasteiger partial charge in [-0.25, -0.2) is 9.97 Å². The molecule has 0 unspecified atom stereocenters. The highest BCUT2D eigenvalue weighted by molar-refractivity contribution is 14.2. The SMILES string of the molecule is ISOc1ncccn1. The highest BCUT2D eigenvalue weighted by atomic mass is 127. The molecule has 1 aromatic heterocycles. The standard InChI is InChI=1S/C4H3IN2OS/c5-9-8-4-6-2-1-3-7-4/h1-3H. The van der Waals surface area contributed by atoms with Crippen molar-refractivity contribution in [2.75, 3.05) is 0 Å². The van der Waals surface area contributed by atoms with Crippen molar-refractivity contribution in [2.24, 2.45) is 0 Å². The maximum absolute atomic E-state index is 4.89. The first-order valence-electron chi connectivity index (χ1n) is 2.16. The summed E-state index contributed by atoms with van der Waals surface area (Å²) >= 11 is 2.01. The summed E-state index contributed by atoms with van der Waals surface area (Å²) in [6.07, 6.45) is 3.27. The molecule has 0 amide bonds. The van der Waals surface area contributed by atoms with Crippen molar-refractivity contribution in [3.8, 4) is 6.01 Å². The summed E-state index contributed by atoms with van der Waals surface area (Å²) in [5, 5.41) is 0. The van der Waals surface area contributed by atoms with Gasteiger partial charge < -0.3 is 4.18 Å². The molecule has 3 nitrogen and oxygen atoms in total. The van der Waals surface area contributed by atoms with Gasteiger partial charge in [0.2, 0.25) is 0 Å². The van der Waals surface area contributed by atoms with Crippen LogP contribution in [0.2, 0.25) is 0 Å². The zero-order chi connectivity index (χ0) is 6.53. The summed E-state index contributed by atoms with van der Waals surface area (Å²) in [4.78, 5) is 7.62. The van der Waals surface area contributed by atoms with Crippen LogP contribution in [0.25, 0.3) is 0 Å². The molecule has 5 heteroatoms. The van der Waals surface area contributed by atoms with E-state index in [2.05, 4.69) is 9.97 Å². The quantitative estimate of drug-likeness (QED) is 0.596.